The minimum atomic E-state index is -3.27. The molecule has 0 N–H and O–H groups in total. The lowest BCUT2D eigenvalue weighted by Crippen LogP contribution is -2.49. The fourth-order valence-electron chi connectivity index (χ4n) is 4.22. The molecule has 0 saturated carbocycles. The zero-order valence-electron chi connectivity index (χ0n) is 17.8. The summed E-state index contributed by atoms with van der Waals surface area (Å²) in [5.41, 5.74) is 5.55. The quantitative estimate of drug-likeness (QED) is 0.536. The predicted octanol–water partition coefficient (Wildman–Crippen LogP) is 5.13. The number of benzene rings is 3. The number of hydrogen-bond acceptors (Lipinski definition) is 3. The number of hydrogen-bond donors (Lipinski definition) is 0. The van der Waals surface area contributed by atoms with E-state index >= 15 is 0 Å². The van der Waals surface area contributed by atoms with E-state index in [9.17, 15) is 8.42 Å². The SMILES string of the molecule is Cc1ccc(Cl)c(-c2ccc(CN3CCN(S(C)(=O)=O)C(c4ccccc4)C3)cc2)c1. The van der Waals surface area contributed by atoms with Crippen molar-refractivity contribution >= 4 is 21.6 Å². The summed E-state index contributed by atoms with van der Waals surface area (Å²) >= 11 is 6.39. The van der Waals surface area contributed by atoms with E-state index in [1.807, 2.05) is 42.5 Å². The first-order valence-corrected chi connectivity index (χ1v) is 12.6. The summed E-state index contributed by atoms with van der Waals surface area (Å²) in [6.45, 7) is 4.72. The van der Waals surface area contributed by atoms with Gasteiger partial charge >= 0.3 is 0 Å². The normalized spacial score (nSPS) is 18.2. The van der Waals surface area contributed by atoms with Gasteiger partial charge in [-0.1, -0.05) is 77.8 Å². The standard InChI is InChI=1S/C25H27ClN2O2S/c1-19-8-13-24(26)23(16-19)21-11-9-20(10-12-21)17-27-14-15-28(31(2,29)30)25(18-27)22-6-4-3-5-7-22/h3-13,16,25H,14-15,17-18H2,1-2H3. The van der Waals surface area contributed by atoms with E-state index in [0.717, 1.165) is 28.3 Å². The molecule has 0 amide bonds. The van der Waals surface area contributed by atoms with Gasteiger partial charge in [-0.3, -0.25) is 4.90 Å². The molecule has 1 heterocycles. The fraction of sp³-hybridized carbons (Fsp3) is 0.280. The van der Waals surface area contributed by atoms with Crippen LogP contribution in [-0.2, 0) is 16.6 Å². The number of nitrogens with zero attached hydrogens (tertiary/aromatic N) is 2. The van der Waals surface area contributed by atoms with Crippen molar-refractivity contribution in [2.75, 3.05) is 25.9 Å². The van der Waals surface area contributed by atoms with Crippen molar-refractivity contribution in [1.29, 1.82) is 0 Å². The van der Waals surface area contributed by atoms with E-state index in [0.29, 0.717) is 19.6 Å². The second-order valence-corrected chi connectivity index (χ2v) is 10.6. The van der Waals surface area contributed by atoms with Gasteiger partial charge in [0.1, 0.15) is 0 Å². The zero-order valence-corrected chi connectivity index (χ0v) is 19.4. The van der Waals surface area contributed by atoms with Crippen LogP contribution in [0.4, 0.5) is 0 Å². The molecule has 0 aliphatic carbocycles. The molecule has 1 aliphatic heterocycles. The van der Waals surface area contributed by atoms with Gasteiger partial charge in [0.05, 0.1) is 12.3 Å². The van der Waals surface area contributed by atoms with Crippen molar-refractivity contribution in [3.63, 3.8) is 0 Å². The Morgan fingerprint density at radius 2 is 1.68 bits per heavy atom. The Hall–Kier alpha value is -2.18. The molecule has 4 nitrogen and oxygen atoms in total. The molecule has 1 saturated heterocycles. The largest absolute Gasteiger partial charge is 0.296 e. The van der Waals surface area contributed by atoms with Crippen LogP contribution >= 0.6 is 11.6 Å². The van der Waals surface area contributed by atoms with Crippen molar-refractivity contribution in [3.8, 4) is 11.1 Å². The van der Waals surface area contributed by atoms with E-state index in [4.69, 9.17) is 11.6 Å². The highest BCUT2D eigenvalue weighted by Gasteiger charge is 2.33. The van der Waals surface area contributed by atoms with Gasteiger partial charge in [0.25, 0.3) is 0 Å². The summed E-state index contributed by atoms with van der Waals surface area (Å²) in [7, 11) is -3.27. The summed E-state index contributed by atoms with van der Waals surface area (Å²) in [5, 5.41) is 0.751. The molecule has 1 unspecified atom stereocenters. The lowest BCUT2D eigenvalue weighted by Gasteiger charge is -2.40. The molecule has 0 aromatic heterocycles. The molecule has 4 rings (SSSR count). The first-order chi connectivity index (χ1) is 14.8. The third kappa shape index (κ3) is 5.18. The van der Waals surface area contributed by atoms with Gasteiger partial charge in [-0.15, -0.1) is 0 Å². The summed E-state index contributed by atoms with van der Waals surface area (Å²) in [4.78, 5) is 2.33. The summed E-state index contributed by atoms with van der Waals surface area (Å²) in [6.07, 6.45) is 1.30. The Balaban J connectivity index is 1.51. The highest BCUT2D eigenvalue weighted by molar-refractivity contribution is 7.88. The minimum absolute atomic E-state index is 0.171. The van der Waals surface area contributed by atoms with Crippen LogP contribution in [0.2, 0.25) is 5.02 Å². The molecule has 6 heteroatoms. The van der Waals surface area contributed by atoms with Gasteiger partial charge in [0.15, 0.2) is 0 Å². The minimum Gasteiger partial charge on any atom is -0.296 e. The molecular formula is C25H27ClN2O2S. The highest BCUT2D eigenvalue weighted by Crippen LogP contribution is 2.31. The predicted molar refractivity (Wildman–Crippen MR) is 128 cm³/mol. The third-order valence-electron chi connectivity index (χ3n) is 5.82. The number of piperazine rings is 1. The number of rotatable bonds is 5. The summed E-state index contributed by atoms with van der Waals surface area (Å²) in [6, 6.07) is 24.3. The van der Waals surface area contributed by atoms with Crippen LogP contribution in [-0.4, -0.2) is 43.5 Å². The van der Waals surface area contributed by atoms with Crippen molar-refractivity contribution < 1.29 is 8.42 Å². The van der Waals surface area contributed by atoms with Crippen LogP contribution in [0.15, 0.2) is 72.8 Å². The van der Waals surface area contributed by atoms with Gasteiger partial charge in [0, 0.05) is 36.8 Å². The Bertz CT molecular complexity index is 1150. The lowest BCUT2D eigenvalue weighted by atomic mass is 10.0. The molecule has 1 aliphatic rings. The lowest BCUT2D eigenvalue weighted by molar-refractivity contribution is 0.130. The first-order valence-electron chi connectivity index (χ1n) is 10.4. The monoisotopic (exact) mass is 454 g/mol. The van der Waals surface area contributed by atoms with E-state index in [1.54, 1.807) is 4.31 Å². The highest BCUT2D eigenvalue weighted by atomic mass is 35.5. The smallest absolute Gasteiger partial charge is 0.211 e. The molecule has 162 valence electrons. The van der Waals surface area contributed by atoms with Crippen LogP contribution in [0.3, 0.4) is 0 Å². The van der Waals surface area contributed by atoms with Gasteiger partial charge < -0.3 is 0 Å². The Labute approximate surface area is 190 Å². The molecule has 3 aromatic rings. The second kappa shape index (κ2) is 9.13. The maximum atomic E-state index is 12.4. The van der Waals surface area contributed by atoms with Crippen LogP contribution in [0, 0.1) is 6.92 Å². The van der Waals surface area contributed by atoms with Gasteiger partial charge in [-0.2, -0.15) is 4.31 Å². The van der Waals surface area contributed by atoms with Crippen LogP contribution < -0.4 is 0 Å². The van der Waals surface area contributed by atoms with Crippen molar-refractivity contribution in [2.45, 2.75) is 19.5 Å². The molecule has 1 fully saturated rings. The second-order valence-electron chi connectivity index (χ2n) is 8.22. The van der Waals surface area contributed by atoms with Gasteiger partial charge in [-0.05, 0) is 35.7 Å². The Morgan fingerprint density at radius 1 is 0.968 bits per heavy atom. The Kier molecular flexibility index (Phi) is 6.49. The topological polar surface area (TPSA) is 40.6 Å². The summed E-state index contributed by atoms with van der Waals surface area (Å²) in [5.74, 6) is 0. The molecule has 0 radical (unpaired) electrons. The van der Waals surface area contributed by atoms with Crippen molar-refractivity contribution in [2.24, 2.45) is 0 Å². The van der Waals surface area contributed by atoms with Crippen molar-refractivity contribution in [1.82, 2.24) is 9.21 Å². The molecule has 1 atom stereocenters. The first kappa shape index (κ1) is 22.0. The molecule has 31 heavy (non-hydrogen) atoms. The number of sulfonamides is 1. The van der Waals surface area contributed by atoms with Crippen molar-refractivity contribution in [3.05, 3.63) is 94.5 Å². The maximum Gasteiger partial charge on any atom is 0.211 e. The average molecular weight is 455 g/mol. The zero-order chi connectivity index (χ0) is 22.0. The van der Waals surface area contributed by atoms with Crippen LogP contribution in [0.5, 0.6) is 0 Å². The molecule has 3 aromatic carbocycles. The molecule has 0 bridgehead atoms. The number of halogens is 1. The maximum absolute atomic E-state index is 12.4. The molecular weight excluding hydrogens is 428 g/mol. The van der Waals surface area contributed by atoms with E-state index < -0.39 is 10.0 Å². The van der Waals surface area contributed by atoms with E-state index in [2.05, 4.69) is 42.2 Å². The third-order valence-corrected chi connectivity index (χ3v) is 7.44. The van der Waals surface area contributed by atoms with Crippen LogP contribution in [0.1, 0.15) is 22.7 Å². The summed E-state index contributed by atoms with van der Waals surface area (Å²) < 4.78 is 26.3. The van der Waals surface area contributed by atoms with Gasteiger partial charge in [-0.25, -0.2) is 8.42 Å². The van der Waals surface area contributed by atoms with E-state index in [1.165, 1.54) is 17.4 Å². The average Bonchev–Trinajstić information content (AvgIpc) is 2.76. The van der Waals surface area contributed by atoms with Gasteiger partial charge in [0.2, 0.25) is 10.0 Å². The molecule has 0 spiro atoms. The fourth-order valence-corrected chi connectivity index (χ4v) is 5.51. The van der Waals surface area contributed by atoms with Crippen LogP contribution in [0.25, 0.3) is 11.1 Å². The van der Waals surface area contributed by atoms with E-state index in [-0.39, 0.29) is 6.04 Å². The number of aryl methyl sites for hydroxylation is 1. The Morgan fingerprint density at radius 3 is 2.35 bits per heavy atom.